The van der Waals surface area contributed by atoms with Gasteiger partial charge in [0.05, 0.1) is 19.3 Å². The first-order valence-electron chi connectivity index (χ1n) is 9.50. The summed E-state index contributed by atoms with van der Waals surface area (Å²) in [5.74, 6) is 5.07. The molecule has 0 saturated carbocycles. The molecule has 1 fully saturated rings. The molecule has 0 radical (unpaired) electrons. The summed E-state index contributed by atoms with van der Waals surface area (Å²) in [4.78, 5) is 54.5. The van der Waals surface area contributed by atoms with Crippen molar-refractivity contribution in [2.45, 2.75) is 31.8 Å². The lowest BCUT2D eigenvalue weighted by molar-refractivity contribution is -0.0571. The number of rotatable bonds is 12. The van der Waals surface area contributed by atoms with Crippen LogP contribution in [-0.2, 0) is 40.8 Å². The van der Waals surface area contributed by atoms with E-state index in [9.17, 15) is 33.1 Å². The first-order chi connectivity index (χ1) is 16.2. The van der Waals surface area contributed by atoms with Crippen LogP contribution in [0, 0.1) is 11.8 Å². The van der Waals surface area contributed by atoms with Crippen LogP contribution in [0.3, 0.4) is 0 Å². The molecule has 19 heteroatoms. The molecular weight excluding hydrogens is 537 g/mol. The van der Waals surface area contributed by atoms with Crippen molar-refractivity contribution in [3.8, 4) is 11.8 Å². The molecule has 0 aliphatic carbocycles. The Balaban J connectivity index is 2.18. The van der Waals surface area contributed by atoms with Crippen molar-refractivity contribution in [1.82, 2.24) is 9.55 Å². The third-order valence-electron chi connectivity index (χ3n) is 4.19. The monoisotopic (exact) mass is 560 g/mol. The third kappa shape index (κ3) is 8.73. The van der Waals surface area contributed by atoms with E-state index >= 15 is 0 Å². The van der Waals surface area contributed by atoms with E-state index in [2.05, 4.69) is 41.1 Å². The van der Waals surface area contributed by atoms with Gasteiger partial charge < -0.3 is 24.2 Å². The van der Waals surface area contributed by atoms with E-state index in [0.29, 0.717) is 7.11 Å². The standard InChI is InChI=1S/C16H23N2O14P3/c1-4-6-11-9-18(16(20)17-15(11)19)14-8-12(28-7-5-2)13(30-14)10-29-34(23,24)32-35(25,26)31-33(21,22)27-3/h5,9,12-14H,2,7-8,10H2,1,3H3,(H,21,22)(H,23,24)(H,25,26)(H,17,19,20)/t12?,13-,14-/m1/s1. The Hall–Kier alpha value is -1.69. The van der Waals surface area contributed by atoms with E-state index in [1.807, 2.05) is 0 Å². The fourth-order valence-electron chi connectivity index (χ4n) is 2.81. The van der Waals surface area contributed by atoms with Crippen molar-refractivity contribution < 1.29 is 55.5 Å². The highest BCUT2D eigenvalue weighted by molar-refractivity contribution is 7.66. The molecule has 1 aliphatic heterocycles. The minimum Gasteiger partial charge on any atom is -0.371 e. The summed E-state index contributed by atoms with van der Waals surface area (Å²) in [7, 11) is -15.3. The topological polar surface area (TPSA) is 222 Å². The predicted molar refractivity (Wildman–Crippen MR) is 117 cm³/mol. The Morgan fingerprint density at radius 3 is 2.49 bits per heavy atom. The van der Waals surface area contributed by atoms with Crippen LogP contribution in [0.1, 0.15) is 25.1 Å². The highest BCUT2D eigenvalue weighted by Crippen LogP contribution is 2.67. The molecule has 0 aromatic carbocycles. The van der Waals surface area contributed by atoms with Gasteiger partial charge in [0.25, 0.3) is 5.56 Å². The molecule has 16 nitrogen and oxygen atoms in total. The molecule has 1 saturated heterocycles. The average molecular weight is 560 g/mol. The van der Waals surface area contributed by atoms with E-state index in [1.165, 1.54) is 19.2 Å². The highest BCUT2D eigenvalue weighted by Gasteiger charge is 2.44. The number of nitrogens with zero attached hydrogens (tertiary/aromatic N) is 1. The molecule has 0 spiro atoms. The lowest BCUT2D eigenvalue weighted by atomic mass is 10.2. The molecule has 4 N–H and O–H groups in total. The summed E-state index contributed by atoms with van der Waals surface area (Å²) in [6, 6.07) is 0. The number of H-pyrrole nitrogens is 1. The molecule has 0 amide bonds. The number of hydrogen-bond donors (Lipinski definition) is 4. The number of aromatic nitrogens is 2. The smallest absolute Gasteiger partial charge is 0.371 e. The molecule has 4 unspecified atom stereocenters. The van der Waals surface area contributed by atoms with Crippen LogP contribution in [0.2, 0.25) is 0 Å². The van der Waals surface area contributed by atoms with E-state index < -0.39 is 59.8 Å². The normalized spacial score (nSPS) is 25.0. The van der Waals surface area contributed by atoms with Gasteiger partial charge in [-0.2, -0.15) is 8.62 Å². The van der Waals surface area contributed by atoms with Gasteiger partial charge in [-0.05, 0) is 6.92 Å². The van der Waals surface area contributed by atoms with Gasteiger partial charge in [-0.3, -0.25) is 23.4 Å². The summed E-state index contributed by atoms with van der Waals surface area (Å²) in [6.07, 6.45) is -0.362. The predicted octanol–water partition coefficient (Wildman–Crippen LogP) is 0.764. The van der Waals surface area contributed by atoms with E-state index in [0.717, 1.165) is 4.57 Å². The van der Waals surface area contributed by atoms with Gasteiger partial charge in [-0.15, -0.1) is 12.5 Å². The maximum Gasteiger partial charge on any atom is 0.490 e. The summed E-state index contributed by atoms with van der Waals surface area (Å²) in [5.41, 5.74) is -1.53. The van der Waals surface area contributed by atoms with Crippen LogP contribution in [0.5, 0.6) is 0 Å². The molecule has 2 rings (SSSR count). The molecule has 1 aromatic heterocycles. The van der Waals surface area contributed by atoms with Crippen LogP contribution < -0.4 is 11.2 Å². The molecule has 196 valence electrons. The van der Waals surface area contributed by atoms with Crippen molar-refractivity contribution in [3.05, 3.63) is 45.3 Å². The number of phosphoric acid groups is 3. The third-order valence-corrected chi connectivity index (χ3v) is 8.43. The average Bonchev–Trinajstić information content (AvgIpc) is 3.14. The van der Waals surface area contributed by atoms with Crippen molar-refractivity contribution in [2.24, 2.45) is 0 Å². The molecular formula is C16H23N2O14P3. The number of phosphoric ester groups is 2. The first kappa shape index (κ1) is 29.5. The molecule has 1 aromatic rings. The fourth-order valence-corrected chi connectivity index (χ4v) is 6.08. The Kier molecular flexibility index (Phi) is 10.2. The van der Waals surface area contributed by atoms with E-state index in [1.54, 1.807) is 0 Å². The van der Waals surface area contributed by atoms with Crippen molar-refractivity contribution in [2.75, 3.05) is 20.3 Å². The van der Waals surface area contributed by atoms with Crippen LogP contribution in [0.15, 0.2) is 28.4 Å². The van der Waals surface area contributed by atoms with Crippen LogP contribution in [0.4, 0.5) is 0 Å². The van der Waals surface area contributed by atoms with Gasteiger partial charge in [0.2, 0.25) is 0 Å². The van der Waals surface area contributed by atoms with E-state index in [4.69, 9.17) is 14.4 Å². The van der Waals surface area contributed by atoms with Gasteiger partial charge in [0, 0.05) is 19.7 Å². The SMILES string of the molecule is C=CCOC1C[C@H](n2cc(C#CC)c(=O)[nH]c2=O)O[C@@H]1COP(=O)(O)OP(=O)(O)OP(=O)(O)OC. The maximum absolute atomic E-state index is 12.3. The van der Waals surface area contributed by atoms with Gasteiger partial charge in [-0.25, -0.2) is 18.5 Å². The molecule has 2 heterocycles. The van der Waals surface area contributed by atoms with Crippen LogP contribution in [0.25, 0.3) is 0 Å². The number of nitrogens with one attached hydrogen (secondary N) is 1. The number of hydrogen-bond acceptors (Lipinski definition) is 11. The lowest BCUT2D eigenvalue weighted by Gasteiger charge is -2.21. The Labute approximate surface area is 198 Å². The summed E-state index contributed by atoms with van der Waals surface area (Å²) < 4.78 is 63.8. The highest BCUT2D eigenvalue weighted by atomic mass is 31.3. The quantitative estimate of drug-likeness (QED) is 0.158. The van der Waals surface area contributed by atoms with E-state index in [-0.39, 0.29) is 18.6 Å². The fraction of sp³-hybridized carbons (Fsp3) is 0.500. The zero-order chi connectivity index (χ0) is 26.4. The van der Waals surface area contributed by atoms with Crippen molar-refractivity contribution in [1.29, 1.82) is 0 Å². The van der Waals surface area contributed by atoms with Crippen LogP contribution >= 0.6 is 23.5 Å². The number of aromatic amines is 1. The van der Waals surface area contributed by atoms with Crippen molar-refractivity contribution in [3.63, 3.8) is 0 Å². The second-order valence-electron chi connectivity index (χ2n) is 6.66. The second-order valence-corrected chi connectivity index (χ2v) is 11.4. The zero-order valence-electron chi connectivity index (χ0n) is 18.3. The summed E-state index contributed by atoms with van der Waals surface area (Å²) in [5, 5.41) is 0. The van der Waals surface area contributed by atoms with Gasteiger partial charge >= 0.3 is 29.2 Å². The molecule has 35 heavy (non-hydrogen) atoms. The van der Waals surface area contributed by atoms with Gasteiger partial charge in [0.1, 0.15) is 17.9 Å². The summed E-state index contributed by atoms with van der Waals surface area (Å²) in [6.45, 7) is 4.27. The lowest BCUT2D eigenvalue weighted by Crippen LogP contribution is -2.33. The van der Waals surface area contributed by atoms with Crippen molar-refractivity contribution >= 4 is 23.5 Å². The Bertz CT molecular complexity index is 1250. The summed E-state index contributed by atoms with van der Waals surface area (Å²) >= 11 is 0. The van der Waals surface area contributed by atoms with Gasteiger partial charge in [0.15, 0.2) is 0 Å². The first-order valence-corrected chi connectivity index (χ1v) is 14.0. The Morgan fingerprint density at radius 2 is 1.89 bits per heavy atom. The molecule has 6 atom stereocenters. The minimum atomic E-state index is -5.58. The number of ether oxygens (including phenoxy) is 2. The zero-order valence-corrected chi connectivity index (χ0v) is 21.0. The molecule has 0 bridgehead atoms. The second kappa shape index (κ2) is 12.0. The largest absolute Gasteiger partial charge is 0.490 e. The minimum absolute atomic E-state index is 0.0110. The maximum atomic E-state index is 12.3. The van der Waals surface area contributed by atoms with Gasteiger partial charge in [-0.1, -0.05) is 12.0 Å². The molecule has 1 aliphatic rings. The Morgan fingerprint density at radius 1 is 1.23 bits per heavy atom. The van der Waals surface area contributed by atoms with Crippen LogP contribution in [-0.4, -0.2) is 56.8 Å².